The third-order valence-corrected chi connectivity index (χ3v) is 7.42. The maximum absolute atomic E-state index is 11.8. The van der Waals surface area contributed by atoms with E-state index in [4.69, 9.17) is 63.7 Å². The zero-order valence-corrected chi connectivity index (χ0v) is 33.9. The zero-order chi connectivity index (χ0) is 42.2. The van der Waals surface area contributed by atoms with Crippen LogP contribution in [0.15, 0.2) is 36.4 Å². The molecule has 0 unspecified atom stereocenters. The van der Waals surface area contributed by atoms with Gasteiger partial charge in [0.2, 0.25) is 0 Å². The van der Waals surface area contributed by atoms with Gasteiger partial charge in [-0.2, -0.15) is 0 Å². The van der Waals surface area contributed by atoms with Crippen LogP contribution in [0.3, 0.4) is 0 Å². The first-order valence-electron chi connectivity index (χ1n) is 19.3. The van der Waals surface area contributed by atoms with Crippen molar-refractivity contribution in [3.05, 3.63) is 46.5 Å². The quantitative estimate of drug-likeness (QED) is 0.0136. The number of carbonyl (C=O) groups is 4. The highest BCUT2D eigenvalue weighted by Gasteiger charge is 2.09. The lowest BCUT2D eigenvalue weighted by Crippen LogP contribution is -2.29. The molecule has 20 heteroatoms. The standard InChI is InChI=1S/C38H59ClN2O17/c39-15-3-1-2-4-17-48-23-26-51-22-16-40-37(44)56-31-29-52-27-24-49-18-7-9-35(42)54-20-5-6-21-55-36(43)10-8-19-50-25-28-53-30-32-57-38(45)58-34-13-11-33(12-14-34)41(46)47/h5-6,11-14H,1-4,7-10,15-32H2,(H,40,44)/b6-5-. The fourth-order valence-electron chi connectivity index (χ4n) is 4.23. The van der Waals surface area contributed by atoms with Crippen LogP contribution in [0.5, 0.6) is 5.75 Å². The molecule has 1 rings (SSSR count). The first-order valence-corrected chi connectivity index (χ1v) is 19.8. The fourth-order valence-corrected chi connectivity index (χ4v) is 4.42. The molecule has 19 nitrogen and oxygen atoms in total. The molecule has 1 aromatic carbocycles. The summed E-state index contributed by atoms with van der Waals surface area (Å²) in [7, 11) is 0. The van der Waals surface area contributed by atoms with Gasteiger partial charge in [0.05, 0.1) is 64.4 Å². The van der Waals surface area contributed by atoms with Crippen molar-refractivity contribution < 1.29 is 76.2 Å². The summed E-state index contributed by atoms with van der Waals surface area (Å²) < 4.78 is 57.3. The Morgan fingerprint density at radius 2 is 1.03 bits per heavy atom. The molecule has 0 saturated carbocycles. The molecule has 1 N–H and O–H groups in total. The van der Waals surface area contributed by atoms with Crippen molar-refractivity contribution in [2.24, 2.45) is 0 Å². The number of ether oxygens (including phenoxy) is 11. The minimum absolute atomic E-state index is 0.0486. The summed E-state index contributed by atoms with van der Waals surface area (Å²) in [4.78, 5) is 57.1. The van der Waals surface area contributed by atoms with Crippen LogP contribution in [0.2, 0.25) is 0 Å². The summed E-state index contributed by atoms with van der Waals surface area (Å²) in [6.07, 6.45) is 7.23. The molecule has 58 heavy (non-hydrogen) atoms. The van der Waals surface area contributed by atoms with Crippen molar-refractivity contribution in [2.75, 3.05) is 118 Å². The summed E-state index contributed by atoms with van der Waals surface area (Å²) >= 11 is 5.64. The van der Waals surface area contributed by atoms with Gasteiger partial charge in [0, 0.05) is 57.2 Å². The van der Waals surface area contributed by atoms with Gasteiger partial charge in [-0.25, -0.2) is 9.59 Å². The summed E-state index contributed by atoms with van der Waals surface area (Å²) in [6.45, 7) is 4.71. The van der Waals surface area contributed by atoms with E-state index in [-0.39, 0.29) is 83.1 Å². The average Bonchev–Trinajstić information content (AvgIpc) is 3.21. The van der Waals surface area contributed by atoms with Gasteiger partial charge in [0.15, 0.2) is 0 Å². The van der Waals surface area contributed by atoms with Crippen LogP contribution in [0.25, 0.3) is 0 Å². The number of alkyl carbamates (subject to hydrolysis) is 1. The predicted octanol–water partition coefficient (Wildman–Crippen LogP) is 4.94. The number of esters is 2. The Balaban J connectivity index is 1.80. The van der Waals surface area contributed by atoms with Crippen molar-refractivity contribution in [3.63, 3.8) is 0 Å². The van der Waals surface area contributed by atoms with Crippen LogP contribution in [-0.4, -0.2) is 147 Å². The molecule has 0 spiro atoms. The van der Waals surface area contributed by atoms with Crippen LogP contribution >= 0.6 is 11.6 Å². The molecular formula is C38H59ClN2O17. The van der Waals surface area contributed by atoms with Crippen LogP contribution in [0.1, 0.15) is 51.4 Å². The molecule has 0 saturated heterocycles. The van der Waals surface area contributed by atoms with E-state index in [1.54, 1.807) is 12.2 Å². The van der Waals surface area contributed by atoms with Crippen molar-refractivity contribution in [3.8, 4) is 5.75 Å². The smallest absolute Gasteiger partial charge is 0.461 e. The van der Waals surface area contributed by atoms with Gasteiger partial charge in [-0.05, 0) is 50.0 Å². The molecule has 0 fully saturated rings. The molecule has 0 heterocycles. The number of non-ortho nitro benzene ring substituents is 1. The number of nitro benzene ring substituents is 1. The number of nitro groups is 1. The van der Waals surface area contributed by atoms with Gasteiger partial charge in [-0.3, -0.25) is 19.7 Å². The van der Waals surface area contributed by atoms with Crippen molar-refractivity contribution in [1.82, 2.24) is 5.32 Å². The SMILES string of the molecule is O=C(CCCOCCOCCOC(=O)NCCOCCOCCCCCCCl)OC/C=C\COC(=O)CCCOCCOCCOC(=O)Oc1ccc([N+](=O)[O-])cc1. The minimum Gasteiger partial charge on any atom is -0.461 e. The lowest BCUT2D eigenvalue weighted by molar-refractivity contribution is -0.384. The highest BCUT2D eigenvalue weighted by molar-refractivity contribution is 6.17. The monoisotopic (exact) mass is 850 g/mol. The summed E-state index contributed by atoms with van der Waals surface area (Å²) in [5.41, 5.74) is -0.128. The summed E-state index contributed by atoms with van der Waals surface area (Å²) in [5.74, 6) is 0.0443. The van der Waals surface area contributed by atoms with E-state index in [2.05, 4.69) is 5.32 Å². The Bertz CT molecular complexity index is 1260. The van der Waals surface area contributed by atoms with Gasteiger partial charge in [0.1, 0.15) is 32.2 Å². The van der Waals surface area contributed by atoms with E-state index in [1.165, 1.54) is 24.3 Å². The Morgan fingerprint density at radius 1 is 0.569 bits per heavy atom. The molecule has 1 aromatic rings. The second-order valence-corrected chi connectivity index (χ2v) is 12.2. The Labute approximate surface area is 344 Å². The Kier molecular flexibility index (Phi) is 34.4. The summed E-state index contributed by atoms with van der Waals surface area (Å²) in [6, 6.07) is 4.98. The first kappa shape index (κ1) is 51.9. The van der Waals surface area contributed by atoms with Gasteiger partial charge in [-0.1, -0.05) is 12.8 Å². The highest BCUT2D eigenvalue weighted by Crippen LogP contribution is 2.17. The second kappa shape index (κ2) is 38.4. The van der Waals surface area contributed by atoms with Crippen LogP contribution in [0, 0.1) is 10.1 Å². The van der Waals surface area contributed by atoms with Gasteiger partial charge in [-0.15, -0.1) is 11.6 Å². The van der Waals surface area contributed by atoms with E-state index in [9.17, 15) is 29.3 Å². The topological polar surface area (TPSA) is 225 Å². The molecule has 0 aliphatic heterocycles. The second-order valence-electron chi connectivity index (χ2n) is 11.8. The number of carbonyl (C=O) groups excluding carboxylic acids is 4. The van der Waals surface area contributed by atoms with Crippen molar-refractivity contribution in [2.45, 2.75) is 51.4 Å². The Hall–Kier alpha value is -4.11. The number of nitrogens with one attached hydrogen (secondary N) is 1. The number of alkyl halides is 1. The van der Waals surface area contributed by atoms with E-state index >= 15 is 0 Å². The number of hydrogen-bond donors (Lipinski definition) is 1. The number of amides is 1. The van der Waals surface area contributed by atoms with Crippen molar-refractivity contribution >= 4 is 41.5 Å². The molecule has 0 aliphatic carbocycles. The number of rotatable bonds is 38. The Morgan fingerprint density at radius 3 is 1.57 bits per heavy atom. The molecule has 0 aromatic heterocycles. The predicted molar refractivity (Wildman–Crippen MR) is 208 cm³/mol. The van der Waals surface area contributed by atoms with E-state index < -0.39 is 23.1 Å². The van der Waals surface area contributed by atoms with Gasteiger partial charge in [0.25, 0.3) is 5.69 Å². The third-order valence-electron chi connectivity index (χ3n) is 7.15. The molecule has 1 amide bonds. The number of halogens is 1. The maximum atomic E-state index is 11.8. The van der Waals surface area contributed by atoms with Gasteiger partial charge < -0.3 is 57.4 Å². The maximum Gasteiger partial charge on any atom is 0.513 e. The lowest BCUT2D eigenvalue weighted by atomic mass is 10.2. The highest BCUT2D eigenvalue weighted by atomic mass is 35.5. The average molecular weight is 851 g/mol. The van der Waals surface area contributed by atoms with Crippen LogP contribution in [-0.2, 0) is 57.0 Å². The number of benzene rings is 1. The number of hydrogen-bond acceptors (Lipinski definition) is 17. The van der Waals surface area contributed by atoms with Crippen LogP contribution in [0.4, 0.5) is 15.3 Å². The number of nitrogens with zero attached hydrogens (tertiary/aromatic N) is 1. The van der Waals surface area contributed by atoms with E-state index in [1.807, 2.05) is 0 Å². The van der Waals surface area contributed by atoms with E-state index in [0.717, 1.165) is 25.7 Å². The molecule has 0 bridgehead atoms. The molecule has 0 atom stereocenters. The molecule has 0 radical (unpaired) electrons. The van der Waals surface area contributed by atoms with E-state index in [0.29, 0.717) is 78.1 Å². The summed E-state index contributed by atoms with van der Waals surface area (Å²) in [5, 5.41) is 13.2. The normalized spacial score (nSPS) is 11.0. The molecular weight excluding hydrogens is 792 g/mol. The lowest BCUT2D eigenvalue weighted by Gasteiger charge is -2.09. The zero-order valence-electron chi connectivity index (χ0n) is 33.1. The van der Waals surface area contributed by atoms with Crippen LogP contribution < -0.4 is 10.1 Å². The first-order chi connectivity index (χ1) is 28.3. The minimum atomic E-state index is -0.963. The largest absolute Gasteiger partial charge is 0.513 e. The number of unbranched alkanes of at least 4 members (excludes halogenated alkanes) is 3. The molecule has 0 aliphatic rings. The third kappa shape index (κ3) is 34.0. The fraction of sp³-hybridized carbons (Fsp3) is 0.684. The molecule has 330 valence electrons. The van der Waals surface area contributed by atoms with Crippen molar-refractivity contribution in [1.29, 1.82) is 0 Å². The van der Waals surface area contributed by atoms with Gasteiger partial charge >= 0.3 is 24.2 Å².